The summed E-state index contributed by atoms with van der Waals surface area (Å²) in [6.45, 7) is 8.69. The van der Waals surface area contributed by atoms with Crippen molar-refractivity contribution in [3.05, 3.63) is 59.7 Å². The number of ether oxygens (including phenoxy) is 2. The first-order valence-electron chi connectivity index (χ1n) is 11.6. The number of hydrogen-bond donors (Lipinski definition) is 2. The predicted octanol–water partition coefficient (Wildman–Crippen LogP) is 5.01. The lowest BCUT2D eigenvalue weighted by molar-refractivity contribution is -0.138. The third kappa shape index (κ3) is 5.93. The Hall–Kier alpha value is -3.55. The van der Waals surface area contributed by atoms with Crippen LogP contribution in [0.25, 0.3) is 11.1 Å². The standard InChI is InChI=1S/C27H34N2O6/c1-26(2,3)35-25(33)29(6)27(4,5)22(15-23(30)31)28-24(32)34-16-21-19-13-9-7-11-17(19)18-12-8-10-14-20(18)21/h7-14,21-22H,15-16H2,1-6H3,(H,28,32)(H,30,31). The lowest BCUT2D eigenvalue weighted by Crippen LogP contribution is -2.60. The zero-order chi connectivity index (χ0) is 26.0. The summed E-state index contributed by atoms with van der Waals surface area (Å²) in [7, 11) is 1.52. The van der Waals surface area contributed by atoms with Gasteiger partial charge in [-0.1, -0.05) is 48.5 Å². The fourth-order valence-electron chi connectivity index (χ4n) is 4.23. The summed E-state index contributed by atoms with van der Waals surface area (Å²) < 4.78 is 11.0. The predicted molar refractivity (Wildman–Crippen MR) is 132 cm³/mol. The minimum absolute atomic E-state index is 0.0992. The van der Waals surface area contributed by atoms with Crippen molar-refractivity contribution < 1.29 is 29.0 Å². The second-order valence-electron chi connectivity index (χ2n) is 10.3. The number of rotatable bonds is 7. The Balaban J connectivity index is 1.73. The Morgan fingerprint density at radius 1 is 0.971 bits per heavy atom. The molecule has 35 heavy (non-hydrogen) atoms. The summed E-state index contributed by atoms with van der Waals surface area (Å²) in [6, 6.07) is 15.1. The number of amides is 2. The van der Waals surface area contributed by atoms with Crippen molar-refractivity contribution in [2.75, 3.05) is 13.7 Å². The van der Waals surface area contributed by atoms with Crippen molar-refractivity contribution in [1.82, 2.24) is 10.2 Å². The highest BCUT2D eigenvalue weighted by molar-refractivity contribution is 5.79. The Kier molecular flexibility index (Phi) is 7.43. The molecule has 2 amide bonds. The summed E-state index contributed by atoms with van der Waals surface area (Å²) in [4.78, 5) is 38.3. The van der Waals surface area contributed by atoms with Crippen molar-refractivity contribution in [1.29, 1.82) is 0 Å². The molecule has 188 valence electrons. The first kappa shape index (κ1) is 26.1. The zero-order valence-electron chi connectivity index (χ0n) is 21.1. The maximum absolute atomic E-state index is 12.8. The average molecular weight is 483 g/mol. The minimum Gasteiger partial charge on any atom is -0.481 e. The molecule has 0 aromatic heterocycles. The van der Waals surface area contributed by atoms with Crippen LogP contribution in [0.15, 0.2) is 48.5 Å². The van der Waals surface area contributed by atoms with Crippen LogP contribution in [0.3, 0.4) is 0 Å². The van der Waals surface area contributed by atoms with Gasteiger partial charge in [-0.25, -0.2) is 9.59 Å². The molecule has 0 saturated heterocycles. The van der Waals surface area contributed by atoms with E-state index in [1.165, 1.54) is 11.9 Å². The number of alkyl carbamates (subject to hydrolysis) is 1. The second kappa shape index (κ2) is 9.98. The highest BCUT2D eigenvalue weighted by Gasteiger charge is 2.40. The minimum atomic E-state index is -1.11. The molecule has 3 rings (SSSR count). The Labute approximate surface area is 206 Å². The van der Waals surface area contributed by atoms with Gasteiger partial charge in [0, 0.05) is 13.0 Å². The molecular weight excluding hydrogens is 448 g/mol. The zero-order valence-corrected chi connectivity index (χ0v) is 21.1. The van der Waals surface area contributed by atoms with Crippen LogP contribution in [0.1, 0.15) is 58.1 Å². The van der Waals surface area contributed by atoms with Crippen molar-refractivity contribution >= 4 is 18.2 Å². The number of hydrogen-bond acceptors (Lipinski definition) is 5. The van der Waals surface area contributed by atoms with Crippen LogP contribution >= 0.6 is 0 Å². The normalized spacial score (nSPS) is 13.9. The van der Waals surface area contributed by atoms with E-state index in [-0.39, 0.29) is 12.5 Å². The van der Waals surface area contributed by atoms with E-state index in [9.17, 15) is 19.5 Å². The second-order valence-corrected chi connectivity index (χ2v) is 10.3. The Bertz CT molecular complexity index is 1060. The molecular formula is C27H34N2O6. The fraction of sp³-hybridized carbons (Fsp3) is 0.444. The van der Waals surface area contributed by atoms with Crippen molar-refractivity contribution in [2.45, 2.75) is 64.1 Å². The monoisotopic (exact) mass is 482 g/mol. The highest BCUT2D eigenvalue weighted by Crippen LogP contribution is 2.44. The third-order valence-electron chi connectivity index (χ3n) is 6.40. The van der Waals surface area contributed by atoms with Crippen molar-refractivity contribution in [3.8, 4) is 11.1 Å². The lowest BCUT2D eigenvalue weighted by Gasteiger charge is -2.41. The van der Waals surface area contributed by atoms with Crippen LogP contribution in [-0.2, 0) is 14.3 Å². The van der Waals surface area contributed by atoms with Crippen LogP contribution in [0, 0.1) is 0 Å². The van der Waals surface area contributed by atoms with E-state index in [4.69, 9.17) is 9.47 Å². The van der Waals surface area contributed by atoms with Gasteiger partial charge in [0.2, 0.25) is 0 Å². The summed E-state index contributed by atoms with van der Waals surface area (Å²) in [6.07, 6.45) is -1.76. The van der Waals surface area contributed by atoms with E-state index >= 15 is 0 Å². The van der Waals surface area contributed by atoms with Gasteiger partial charge in [-0.3, -0.25) is 4.79 Å². The smallest absolute Gasteiger partial charge is 0.410 e. The topological polar surface area (TPSA) is 105 Å². The Morgan fingerprint density at radius 3 is 1.97 bits per heavy atom. The van der Waals surface area contributed by atoms with Gasteiger partial charge in [0.05, 0.1) is 18.0 Å². The lowest BCUT2D eigenvalue weighted by atomic mass is 9.90. The van der Waals surface area contributed by atoms with E-state index in [1.54, 1.807) is 34.6 Å². The average Bonchev–Trinajstić information content (AvgIpc) is 3.09. The van der Waals surface area contributed by atoms with E-state index in [2.05, 4.69) is 5.32 Å². The molecule has 0 aliphatic heterocycles. The van der Waals surface area contributed by atoms with Crippen LogP contribution in [-0.4, -0.2) is 59.0 Å². The van der Waals surface area contributed by atoms with Crippen molar-refractivity contribution in [3.63, 3.8) is 0 Å². The summed E-state index contributed by atoms with van der Waals surface area (Å²) >= 11 is 0. The molecule has 1 aliphatic rings. The molecule has 0 heterocycles. The van der Waals surface area contributed by atoms with Crippen LogP contribution in [0.2, 0.25) is 0 Å². The van der Waals surface area contributed by atoms with E-state index in [0.29, 0.717) is 0 Å². The molecule has 1 aliphatic carbocycles. The molecule has 2 aromatic rings. The number of benzene rings is 2. The molecule has 0 bridgehead atoms. The van der Waals surface area contributed by atoms with E-state index in [1.807, 2.05) is 48.5 Å². The van der Waals surface area contributed by atoms with Gasteiger partial charge in [-0.2, -0.15) is 0 Å². The van der Waals surface area contributed by atoms with Gasteiger partial charge in [0.25, 0.3) is 0 Å². The SMILES string of the molecule is CN(C(=O)OC(C)(C)C)C(C)(C)C(CC(=O)O)NC(=O)OCC1c2ccccc2-c2ccccc21. The molecule has 8 nitrogen and oxygen atoms in total. The summed E-state index contributed by atoms with van der Waals surface area (Å²) in [5.74, 6) is -1.23. The van der Waals surface area contributed by atoms with Crippen LogP contribution in [0.4, 0.5) is 9.59 Å². The van der Waals surface area contributed by atoms with E-state index in [0.717, 1.165) is 22.3 Å². The molecule has 2 aromatic carbocycles. The molecule has 0 fully saturated rings. The largest absolute Gasteiger partial charge is 0.481 e. The maximum atomic E-state index is 12.8. The molecule has 8 heteroatoms. The van der Waals surface area contributed by atoms with Gasteiger partial charge >= 0.3 is 18.2 Å². The van der Waals surface area contributed by atoms with Gasteiger partial charge in [-0.05, 0) is 56.9 Å². The number of aliphatic carboxylic acids is 1. The first-order valence-corrected chi connectivity index (χ1v) is 11.6. The summed E-state index contributed by atoms with van der Waals surface area (Å²) in [5, 5.41) is 12.1. The number of fused-ring (bicyclic) bond motifs is 3. The molecule has 0 radical (unpaired) electrons. The summed E-state index contributed by atoms with van der Waals surface area (Å²) in [5.41, 5.74) is 2.58. The molecule has 1 unspecified atom stereocenters. The molecule has 0 saturated carbocycles. The van der Waals surface area contributed by atoms with Gasteiger partial charge in [0.15, 0.2) is 0 Å². The van der Waals surface area contributed by atoms with Crippen molar-refractivity contribution in [2.24, 2.45) is 0 Å². The number of carboxylic acids is 1. The van der Waals surface area contributed by atoms with E-state index < -0.39 is 41.8 Å². The highest BCUT2D eigenvalue weighted by atomic mass is 16.6. The molecule has 1 atom stereocenters. The van der Waals surface area contributed by atoms with Crippen LogP contribution < -0.4 is 5.32 Å². The molecule has 0 spiro atoms. The third-order valence-corrected chi connectivity index (χ3v) is 6.40. The number of carbonyl (C=O) groups is 3. The van der Waals surface area contributed by atoms with Crippen LogP contribution in [0.5, 0.6) is 0 Å². The number of carboxylic acid groups (broad SMARTS) is 1. The maximum Gasteiger partial charge on any atom is 0.410 e. The number of nitrogens with one attached hydrogen (secondary N) is 1. The number of carbonyl (C=O) groups excluding carboxylic acids is 2. The van der Waals surface area contributed by atoms with Gasteiger partial charge in [-0.15, -0.1) is 0 Å². The quantitative estimate of drug-likeness (QED) is 0.575. The first-order chi connectivity index (χ1) is 16.3. The number of likely N-dealkylation sites (N-methyl/N-ethyl adjacent to an activating group) is 1. The molecule has 2 N–H and O–H groups in total. The number of nitrogens with zero attached hydrogens (tertiary/aromatic N) is 1. The van der Waals surface area contributed by atoms with Gasteiger partial charge in [0.1, 0.15) is 12.2 Å². The van der Waals surface area contributed by atoms with Gasteiger partial charge < -0.3 is 24.8 Å². The fourth-order valence-corrected chi connectivity index (χ4v) is 4.23. The Morgan fingerprint density at radius 2 is 1.49 bits per heavy atom.